The molecule has 9 nitrogen and oxygen atoms in total. The lowest BCUT2D eigenvalue weighted by Gasteiger charge is -2.18. The van der Waals surface area contributed by atoms with E-state index in [-0.39, 0.29) is 22.1 Å². The molecule has 1 atom stereocenters. The van der Waals surface area contributed by atoms with E-state index in [1.54, 1.807) is 45.0 Å². The third-order valence-corrected chi connectivity index (χ3v) is 8.56. The molecule has 2 aromatic rings. The SMILES string of the molecule is CCN(CC)S(=O)(=O)c1cccc(-c2nnc(SC(C)C(=O)NC3CCCC3)n2N)c1. The van der Waals surface area contributed by atoms with Crippen LogP contribution in [0.5, 0.6) is 0 Å². The third-order valence-electron chi connectivity index (χ3n) is 5.45. The fourth-order valence-corrected chi connectivity index (χ4v) is 5.95. The largest absolute Gasteiger partial charge is 0.352 e. The Balaban J connectivity index is 1.77. The van der Waals surface area contributed by atoms with Crippen molar-refractivity contribution in [2.45, 2.75) is 67.8 Å². The molecule has 0 spiro atoms. The Morgan fingerprint density at radius 2 is 1.97 bits per heavy atom. The van der Waals surface area contributed by atoms with E-state index < -0.39 is 10.0 Å². The first-order valence-corrected chi connectivity index (χ1v) is 12.9. The number of hydrogen-bond acceptors (Lipinski definition) is 7. The van der Waals surface area contributed by atoms with Gasteiger partial charge < -0.3 is 11.2 Å². The van der Waals surface area contributed by atoms with Crippen molar-refractivity contribution < 1.29 is 13.2 Å². The van der Waals surface area contributed by atoms with Crippen LogP contribution in [0.4, 0.5) is 0 Å². The monoisotopic (exact) mass is 466 g/mol. The smallest absolute Gasteiger partial charge is 0.243 e. The van der Waals surface area contributed by atoms with Crippen molar-refractivity contribution in [3.63, 3.8) is 0 Å². The number of aromatic nitrogens is 3. The molecule has 3 rings (SSSR count). The van der Waals surface area contributed by atoms with E-state index in [1.807, 2.05) is 0 Å². The van der Waals surface area contributed by atoms with Gasteiger partial charge in [0.05, 0.1) is 10.1 Å². The van der Waals surface area contributed by atoms with Gasteiger partial charge in [-0.15, -0.1) is 10.2 Å². The van der Waals surface area contributed by atoms with Crippen LogP contribution in [0.3, 0.4) is 0 Å². The number of nitrogen functional groups attached to an aromatic ring is 1. The van der Waals surface area contributed by atoms with Crippen molar-refractivity contribution in [1.82, 2.24) is 24.5 Å². The lowest BCUT2D eigenvalue weighted by molar-refractivity contribution is -0.120. The predicted octanol–water partition coefficient (Wildman–Crippen LogP) is 2.23. The van der Waals surface area contributed by atoms with E-state index >= 15 is 0 Å². The number of carbonyl (C=O) groups is 1. The summed E-state index contributed by atoms with van der Waals surface area (Å²) < 4.78 is 28.4. The first kappa shape index (κ1) is 23.6. The molecule has 3 N–H and O–H groups in total. The highest BCUT2D eigenvalue weighted by Crippen LogP contribution is 2.27. The van der Waals surface area contributed by atoms with Gasteiger partial charge in [0.1, 0.15) is 0 Å². The molecule has 1 unspecified atom stereocenters. The van der Waals surface area contributed by atoms with Crippen molar-refractivity contribution in [3.8, 4) is 11.4 Å². The summed E-state index contributed by atoms with van der Waals surface area (Å²) in [5.74, 6) is 6.49. The molecule has 0 aliphatic heterocycles. The number of nitrogens with two attached hydrogens (primary N) is 1. The van der Waals surface area contributed by atoms with E-state index in [0.717, 1.165) is 25.7 Å². The van der Waals surface area contributed by atoms with Gasteiger partial charge in [-0.25, -0.2) is 13.1 Å². The topological polar surface area (TPSA) is 123 Å². The molecule has 1 aliphatic carbocycles. The number of nitrogens with one attached hydrogen (secondary N) is 1. The van der Waals surface area contributed by atoms with Crippen LogP contribution in [0, 0.1) is 0 Å². The zero-order valence-electron chi connectivity index (χ0n) is 18.1. The molecule has 31 heavy (non-hydrogen) atoms. The van der Waals surface area contributed by atoms with Crippen molar-refractivity contribution in [2.24, 2.45) is 0 Å². The molecule has 1 aliphatic rings. The minimum absolute atomic E-state index is 0.0474. The standard InChI is InChI=1S/C20H30N6O3S2/c1-4-25(5-2)31(28,29)17-12-8-9-15(13-17)18-23-24-20(26(18)21)30-14(3)19(27)22-16-10-6-7-11-16/h8-9,12-14,16H,4-7,10-11,21H2,1-3H3,(H,22,27). The van der Waals surface area contributed by atoms with Crippen molar-refractivity contribution >= 4 is 27.7 Å². The Labute approximate surface area is 187 Å². The summed E-state index contributed by atoms with van der Waals surface area (Å²) in [6.07, 6.45) is 4.34. The maximum absolute atomic E-state index is 12.8. The van der Waals surface area contributed by atoms with Crippen LogP contribution in [-0.4, -0.2) is 57.9 Å². The normalized spacial score (nSPS) is 16.0. The first-order chi connectivity index (χ1) is 14.8. The number of nitrogens with zero attached hydrogens (tertiary/aromatic N) is 4. The van der Waals surface area contributed by atoms with Gasteiger partial charge in [-0.3, -0.25) is 4.79 Å². The van der Waals surface area contributed by atoms with Gasteiger partial charge in [0, 0.05) is 24.7 Å². The zero-order chi connectivity index (χ0) is 22.6. The highest BCUT2D eigenvalue weighted by atomic mass is 32.2. The van der Waals surface area contributed by atoms with Crippen LogP contribution in [-0.2, 0) is 14.8 Å². The molecule has 1 saturated carbocycles. The Morgan fingerprint density at radius 3 is 2.61 bits per heavy atom. The number of amides is 1. The van der Waals surface area contributed by atoms with Gasteiger partial charge in [0.2, 0.25) is 21.1 Å². The second kappa shape index (κ2) is 10.0. The lowest BCUT2D eigenvalue weighted by Crippen LogP contribution is -2.37. The zero-order valence-corrected chi connectivity index (χ0v) is 19.7. The van der Waals surface area contributed by atoms with Crippen LogP contribution < -0.4 is 11.2 Å². The molecule has 1 aromatic carbocycles. The third kappa shape index (κ3) is 5.21. The Hall–Kier alpha value is -2.11. The minimum atomic E-state index is -3.60. The summed E-state index contributed by atoms with van der Waals surface area (Å²) in [6, 6.07) is 6.74. The quantitative estimate of drug-likeness (QED) is 0.429. The van der Waals surface area contributed by atoms with Gasteiger partial charge in [0.25, 0.3) is 0 Å². The Bertz CT molecular complexity index is 1010. The molecule has 170 valence electrons. The van der Waals surface area contributed by atoms with Gasteiger partial charge in [-0.05, 0) is 31.9 Å². The first-order valence-electron chi connectivity index (χ1n) is 10.6. The lowest BCUT2D eigenvalue weighted by atomic mass is 10.2. The molecule has 1 amide bonds. The average Bonchev–Trinajstić information content (AvgIpc) is 3.39. The molecule has 0 saturated heterocycles. The summed E-state index contributed by atoms with van der Waals surface area (Å²) in [4.78, 5) is 12.6. The summed E-state index contributed by atoms with van der Waals surface area (Å²) in [5, 5.41) is 11.3. The number of benzene rings is 1. The van der Waals surface area contributed by atoms with Crippen molar-refractivity contribution in [1.29, 1.82) is 0 Å². The molecule has 1 fully saturated rings. The van der Waals surface area contributed by atoms with E-state index in [2.05, 4.69) is 15.5 Å². The Kier molecular flexibility index (Phi) is 7.60. The summed E-state index contributed by atoms with van der Waals surface area (Å²) in [5.41, 5.74) is 0.540. The van der Waals surface area contributed by atoms with Gasteiger partial charge >= 0.3 is 0 Å². The second-order valence-corrected chi connectivity index (χ2v) is 10.8. The van der Waals surface area contributed by atoms with Gasteiger partial charge in [-0.1, -0.05) is 50.6 Å². The molecule has 0 bridgehead atoms. The van der Waals surface area contributed by atoms with E-state index in [9.17, 15) is 13.2 Å². The number of carbonyl (C=O) groups excluding carboxylic acids is 1. The van der Waals surface area contributed by atoms with Crippen molar-refractivity contribution in [2.75, 3.05) is 18.9 Å². The maximum Gasteiger partial charge on any atom is 0.243 e. The van der Waals surface area contributed by atoms with E-state index in [1.165, 1.54) is 20.7 Å². The highest BCUT2D eigenvalue weighted by Gasteiger charge is 2.25. The predicted molar refractivity (Wildman–Crippen MR) is 121 cm³/mol. The molecular formula is C20H30N6O3S2. The van der Waals surface area contributed by atoms with Crippen LogP contribution in [0.1, 0.15) is 46.5 Å². The molecule has 1 heterocycles. The fourth-order valence-electron chi connectivity index (χ4n) is 3.66. The Morgan fingerprint density at radius 1 is 1.29 bits per heavy atom. The summed E-state index contributed by atoms with van der Waals surface area (Å²) in [7, 11) is -3.60. The molecular weight excluding hydrogens is 436 g/mol. The fraction of sp³-hybridized carbons (Fsp3) is 0.550. The number of rotatable bonds is 9. The van der Waals surface area contributed by atoms with Crippen molar-refractivity contribution in [3.05, 3.63) is 24.3 Å². The van der Waals surface area contributed by atoms with Crippen LogP contribution in [0.25, 0.3) is 11.4 Å². The van der Waals surface area contributed by atoms with Gasteiger partial charge in [-0.2, -0.15) is 4.31 Å². The molecule has 1 aromatic heterocycles. The number of hydrogen-bond donors (Lipinski definition) is 2. The average molecular weight is 467 g/mol. The van der Waals surface area contributed by atoms with Crippen LogP contribution in [0.15, 0.2) is 34.3 Å². The summed E-state index contributed by atoms with van der Waals surface area (Å²) >= 11 is 1.22. The van der Waals surface area contributed by atoms with Crippen LogP contribution >= 0.6 is 11.8 Å². The maximum atomic E-state index is 12.8. The number of thioether (sulfide) groups is 1. The second-order valence-electron chi connectivity index (χ2n) is 7.54. The van der Waals surface area contributed by atoms with E-state index in [0.29, 0.717) is 29.6 Å². The number of sulfonamides is 1. The van der Waals surface area contributed by atoms with E-state index in [4.69, 9.17) is 5.84 Å². The summed E-state index contributed by atoms with van der Waals surface area (Å²) in [6.45, 7) is 6.18. The van der Waals surface area contributed by atoms with Crippen LogP contribution in [0.2, 0.25) is 0 Å². The van der Waals surface area contributed by atoms with Gasteiger partial charge in [0.15, 0.2) is 5.82 Å². The minimum Gasteiger partial charge on any atom is -0.352 e. The molecule has 0 radical (unpaired) electrons. The highest BCUT2D eigenvalue weighted by molar-refractivity contribution is 8.00. The molecule has 11 heteroatoms.